The summed E-state index contributed by atoms with van der Waals surface area (Å²) in [4.78, 5) is 0. The number of hydrogen-bond acceptors (Lipinski definition) is 4. The minimum atomic E-state index is -3.44. The maximum Gasteiger partial charge on any atom is 0.306 e. The SMILES string of the molecule is CNc1[c]ccc(OS(C)(=O)=O)c1. The van der Waals surface area contributed by atoms with Gasteiger partial charge in [-0.3, -0.25) is 0 Å². The zero-order chi connectivity index (χ0) is 9.90. The molecular weight excluding hydrogens is 190 g/mol. The van der Waals surface area contributed by atoms with Gasteiger partial charge in [0.2, 0.25) is 0 Å². The van der Waals surface area contributed by atoms with Gasteiger partial charge in [-0.05, 0) is 12.1 Å². The molecular formula is C8H10NO3S. The van der Waals surface area contributed by atoms with Crippen LogP contribution in [0, 0.1) is 6.07 Å². The summed E-state index contributed by atoms with van der Waals surface area (Å²) in [5, 5.41) is 2.82. The van der Waals surface area contributed by atoms with Gasteiger partial charge in [-0.25, -0.2) is 0 Å². The molecule has 0 saturated carbocycles. The summed E-state index contributed by atoms with van der Waals surface area (Å²) in [6, 6.07) is 7.53. The van der Waals surface area contributed by atoms with Crippen LogP contribution in [0.1, 0.15) is 0 Å². The first-order valence-electron chi connectivity index (χ1n) is 3.60. The largest absolute Gasteiger partial charge is 0.388 e. The fourth-order valence-corrected chi connectivity index (χ4v) is 1.27. The second-order valence-electron chi connectivity index (χ2n) is 2.48. The van der Waals surface area contributed by atoms with Gasteiger partial charge in [0.25, 0.3) is 0 Å². The van der Waals surface area contributed by atoms with Crippen LogP contribution in [-0.2, 0) is 10.1 Å². The quantitative estimate of drug-likeness (QED) is 0.735. The molecule has 71 valence electrons. The van der Waals surface area contributed by atoms with Crippen LogP contribution in [-0.4, -0.2) is 21.7 Å². The Morgan fingerprint density at radius 3 is 2.77 bits per heavy atom. The molecule has 0 amide bonds. The van der Waals surface area contributed by atoms with Gasteiger partial charge in [0, 0.05) is 24.9 Å². The van der Waals surface area contributed by atoms with E-state index in [0.717, 1.165) is 6.26 Å². The summed E-state index contributed by atoms with van der Waals surface area (Å²) >= 11 is 0. The molecule has 1 N–H and O–H groups in total. The van der Waals surface area contributed by atoms with E-state index >= 15 is 0 Å². The van der Waals surface area contributed by atoms with Gasteiger partial charge in [0.05, 0.1) is 6.26 Å². The molecule has 0 atom stereocenters. The third-order valence-corrected chi connectivity index (χ3v) is 1.79. The molecule has 4 nitrogen and oxygen atoms in total. The van der Waals surface area contributed by atoms with Crippen LogP contribution in [0.2, 0.25) is 0 Å². The Morgan fingerprint density at radius 1 is 1.54 bits per heavy atom. The molecule has 0 aliphatic carbocycles. The van der Waals surface area contributed by atoms with Gasteiger partial charge in [-0.1, -0.05) is 0 Å². The fourth-order valence-electron chi connectivity index (χ4n) is 0.817. The second-order valence-corrected chi connectivity index (χ2v) is 4.05. The van der Waals surface area contributed by atoms with Gasteiger partial charge in [-0.2, -0.15) is 8.42 Å². The van der Waals surface area contributed by atoms with E-state index in [1.165, 1.54) is 6.07 Å². The Labute approximate surface area is 77.7 Å². The molecule has 0 heterocycles. The van der Waals surface area contributed by atoms with E-state index in [1.54, 1.807) is 19.2 Å². The smallest absolute Gasteiger partial charge is 0.306 e. The van der Waals surface area contributed by atoms with Crippen molar-refractivity contribution in [2.45, 2.75) is 0 Å². The average molecular weight is 200 g/mol. The number of anilines is 1. The third-order valence-electron chi connectivity index (χ3n) is 1.29. The van der Waals surface area contributed by atoms with Crippen LogP contribution < -0.4 is 9.50 Å². The van der Waals surface area contributed by atoms with E-state index in [2.05, 4.69) is 15.6 Å². The molecule has 1 aromatic rings. The Kier molecular flexibility index (Phi) is 2.77. The highest BCUT2D eigenvalue weighted by Crippen LogP contribution is 2.17. The summed E-state index contributed by atoms with van der Waals surface area (Å²) in [6.45, 7) is 0. The lowest BCUT2D eigenvalue weighted by atomic mass is 10.3. The molecule has 0 aliphatic heterocycles. The van der Waals surface area contributed by atoms with Crippen molar-refractivity contribution in [1.29, 1.82) is 0 Å². The van der Waals surface area contributed by atoms with Crippen LogP contribution in [0.25, 0.3) is 0 Å². The number of nitrogens with one attached hydrogen (secondary N) is 1. The highest BCUT2D eigenvalue weighted by atomic mass is 32.2. The minimum Gasteiger partial charge on any atom is -0.388 e. The van der Waals surface area contributed by atoms with Gasteiger partial charge in [0.15, 0.2) is 0 Å². The third kappa shape index (κ3) is 3.33. The van der Waals surface area contributed by atoms with Crippen LogP contribution in [0.4, 0.5) is 5.69 Å². The van der Waals surface area contributed by atoms with Crippen molar-refractivity contribution in [1.82, 2.24) is 0 Å². The van der Waals surface area contributed by atoms with Crippen molar-refractivity contribution in [3.63, 3.8) is 0 Å². The van der Waals surface area contributed by atoms with E-state index in [-0.39, 0.29) is 5.75 Å². The molecule has 0 aromatic heterocycles. The lowest BCUT2D eigenvalue weighted by Gasteiger charge is -2.04. The molecule has 13 heavy (non-hydrogen) atoms. The van der Waals surface area contributed by atoms with Crippen molar-refractivity contribution in [2.24, 2.45) is 0 Å². The zero-order valence-corrected chi connectivity index (χ0v) is 8.18. The van der Waals surface area contributed by atoms with Crippen LogP contribution >= 0.6 is 0 Å². The first kappa shape index (κ1) is 9.85. The van der Waals surface area contributed by atoms with Crippen LogP contribution in [0.3, 0.4) is 0 Å². The summed E-state index contributed by atoms with van der Waals surface area (Å²) in [6.07, 6.45) is 1.00. The summed E-state index contributed by atoms with van der Waals surface area (Å²) in [5.74, 6) is 0.283. The van der Waals surface area contributed by atoms with Crippen LogP contribution in [0.5, 0.6) is 5.75 Å². The molecule has 0 unspecified atom stereocenters. The maximum absolute atomic E-state index is 10.7. The zero-order valence-electron chi connectivity index (χ0n) is 7.37. The first-order chi connectivity index (χ1) is 6.01. The minimum absolute atomic E-state index is 0.283. The Bertz CT molecular complexity index is 386. The molecule has 5 heteroatoms. The predicted molar refractivity (Wildman–Crippen MR) is 50.3 cm³/mol. The fraction of sp³-hybridized carbons (Fsp3) is 0.250. The first-order valence-corrected chi connectivity index (χ1v) is 5.42. The molecule has 1 radical (unpaired) electrons. The lowest BCUT2D eigenvalue weighted by Crippen LogP contribution is -2.05. The number of benzene rings is 1. The van der Waals surface area contributed by atoms with Crippen molar-refractivity contribution >= 4 is 15.8 Å². The van der Waals surface area contributed by atoms with Crippen molar-refractivity contribution in [3.05, 3.63) is 24.3 Å². The van der Waals surface area contributed by atoms with Crippen molar-refractivity contribution in [3.8, 4) is 5.75 Å². The topological polar surface area (TPSA) is 55.4 Å². The predicted octanol–water partition coefficient (Wildman–Crippen LogP) is 0.867. The lowest BCUT2D eigenvalue weighted by molar-refractivity contribution is 0.493. The highest BCUT2D eigenvalue weighted by molar-refractivity contribution is 7.86. The molecule has 0 bridgehead atoms. The van der Waals surface area contributed by atoms with Gasteiger partial charge >= 0.3 is 10.1 Å². The highest BCUT2D eigenvalue weighted by Gasteiger charge is 2.03. The van der Waals surface area contributed by atoms with Crippen molar-refractivity contribution < 1.29 is 12.6 Å². The van der Waals surface area contributed by atoms with Gasteiger partial charge < -0.3 is 9.50 Å². The van der Waals surface area contributed by atoms with E-state index in [4.69, 9.17) is 0 Å². The number of rotatable bonds is 3. The Hall–Kier alpha value is -1.23. The Morgan fingerprint density at radius 2 is 2.23 bits per heavy atom. The second kappa shape index (κ2) is 3.66. The monoisotopic (exact) mass is 200 g/mol. The number of hydrogen-bond donors (Lipinski definition) is 1. The maximum atomic E-state index is 10.7. The van der Waals surface area contributed by atoms with Crippen molar-refractivity contribution in [2.75, 3.05) is 18.6 Å². The molecule has 0 aliphatic rings. The van der Waals surface area contributed by atoms with E-state index < -0.39 is 10.1 Å². The molecule has 1 aromatic carbocycles. The summed E-state index contributed by atoms with van der Waals surface area (Å²) in [5.41, 5.74) is 0.682. The molecule has 0 spiro atoms. The summed E-state index contributed by atoms with van der Waals surface area (Å²) < 4.78 is 26.2. The summed E-state index contributed by atoms with van der Waals surface area (Å²) in [7, 11) is -1.73. The van der Waals surface area contributed by atoms with Gasteiger partial charge in [0.1, 0.15) is 5.75 Å². The molecule has 1 rings (SSSR count). The molecule has 0 saturated heterocycles. The molecule has 0 fully saturated rings. The average Bonchev–Trinajstić information content (AvgIpc) is 2.01. The van der Waals surface area contributed by atoms with E-state index in [0.29, 0.717) is 5.69 Å². The van der Waals surface area contributed by atoms with E-state index in [9.17, 15) is 8.42 Å². The standard InChI is InChI=1S/C8H10NO3S/c1-9-7-4-3-5-8(6-7)12-13(2,10)11/h3,5-6,9H,1-2H3. The van der Waals surface area contributed by atoms with Crippen LogP contribution in [0.15, 0.2) is 18.2 Å². The van der Waals surface area contributed by atoms with E-state index in [1.807, 2.05) is 0 Å². The van der Waals surface area contributed by atoms with Gasteiger partial charge in [-0.15, -0.1) is 0 Å². The Balaban J connectivity index is 2.90. The normalized spacial score (nSPS) is 10.9.